The first-order chi connectivity index (χ1) is 8.35. The molecule has 0 aliphatic heterocycles. The third-order valence-electron chi connectivity index (χ3n) is 2.46. The van der Waals surface area contributed by atoms with E-state index < -0.39 is 0 Å². The molecule has 1 aromatic carbocycles. The van der Waals surface area contributed by atoms with Crippen LogP contribution in [0.3, 0.4) is 0 Å². The fourth-order valence-electron chi connectivity index (χ4n) is 1.54. The summed E-state index contributed by atoms with van der Waals surface area (Å²) < 4.78 is 5.20. The summed E-state index contributed by atoms with van der Waals surface area (Å²) in [5, 5.41) is 0. The monoisotopic (exact) mass is 226 g/mol. The predicted molar refractivity (Wildman–Crippen MR) is 68.4 cm³/mol. The van der Waals surface area contributed by atoms with Crippen molar-refractivity contribution in [3.8, 4) is 16.9 Å². The Balaban J connectivity index is 0.000000148. The summed E-state index contributed by atoms with van der Waals surface area (Å²) in [5.74, 6) is 0.657. The van der Waals surface area contributed by atoms with Crippen molar-refractivity contribution in [3.63, 3.8) is 0 Å². The van der Waals surface area contributed by atoms with Crippen molar-refractivity contribution in [2.45, 2.75) is 6.92 Å². The van der Waals surface area contributed by atoms with Gasteiger partial charge in [0.15, 0.2) is 6.29 Å². The van der Waals surface area contributed by atoms with Gasteiger partial charge in [0, 0.05) is 0 Å². The van der Waals surface area contributed by atoms with Gasteiger partial charge in [0.1, 0.15) is 5.75 Å². The Morgan fingerprint density at radius 2 is 1.76 bits per heavy atom. The van der Waals surface area contributed by atoms with Gasteiger partial charge in [0.05, 0.1) is 12.2 Å². The van der Waals surface area contributed by atoms with Gasteiger partial charge in [0.25, 0.3) is 0 Å². The van der Waals surface area contributed by atoms with Gasteiger partial charge in [-0.3, -0.25) is 4.79 Å². The maximum atomic E-state index is 10.4. The molecule has 0 N–H and O–H groups in total. The van der Waals surface area contributed by atoms with E-state index in [2.05, 4.69) is 24.3 Å². The van der Waals surface area contributed by atoms with E-state index in [0.717, 1.165) is 6.29 Å². The first kappa shape index (κ1) is 11.4. The molecule has 3 rings (SSSR count). The number of para-hydroxylation sites is 1. The number of rotatable bonds is 3. The Kier molecular flexibility index (Phi) is 3.55. The number of aldehydes is 1. The van der Waals surface area contributed by atoms with Crippen LogP contribution in [0.1, 0.15) is 17.3 Å². The quantitative estimate of drug-likeness (QED) is 0.638. The Bertz CT molecular complexity index is 501. The third-order valence-corrected chi connectivity index (χ3v) is 2.46. The van der Waals surface area contributed by atoms with Gasteiger partial charge in [-0.2, -0.15) is 0 Å². The summed E-state index contributed by atoms with van der Waals surface area (Å²) in [4.78, 5) is 10.4. The van der Waals surface area contributed by atoms with E-state index >= 15 is 0 Å². The molecular formula is C15H14O2. The molecule has 17 heavy (non-hydrogen) atoms. The average Bonchev–Trinajstić information content (AvgIpc) is 2.98. The molecule has 0 aromatic heterocycles. The van der Waals surface area contributed by atoms with E-state index in [0.29, 0.717) is 17.9 Å². The van der Waals surface area contributed by atoms with Crippen LogP contribution in [0.15, 0.2) is 48.5 Å². The number of fused-ring (bicyclic) bond motifs is 1. The van der Waals surface area contributed by atoms with Gasteiger partial charge < -0.3 is 4.74 Å². The largest absolute Gasteiger partial charge is 0.493 e. The van der Waals surface area contributed by atoms with E-state index in [-0.39, 0.29) is 0 Å². The zero-order valence-corrected chi connectivity index (χ0v) is 9.72. The van der Waals surface area contributed by atoms with Crippen LogP contribution < -0.4 is 4.74 Å². The molecule has 0 heterocycles. The summed E-state index contributed by atoms with van der Waals surface area (Å²) in [6.45, 7) is 2.48. The zero-order chi connectivity index (χ0) is 12.1. The minimum absolute atomic E-state index is 0.588. The molecule has 2 aliphatic carbocycles. The lowest BCUT2D eigenvalue weighted by molar-refractivity contribution is 0.112. The SMILES string of the molecule is CCOc1ccccc1C=O.c1cc2cc-2c1. The topological polar surface area (TPSA) is 26.3 Å². The second-order valence-corrected chi connectivity index (χ2v) is 3.67. The predicted octanol–water partition coefficient (Wildman–Crippen LogP) is 3.56. The van der Waals surface area contributed by atoms with E-state index in [9.17, 15) is 4.79 Å². The molecule has 0 unspecified atom stereocenters. The Morgan fingerprint density at radius 3 is 2.24 bits per heavy atom. The lowest BCUT2D eigenvalue weighted by Crippen LogP contribution is -1.94. The molecule has 2 aliphatic rings. The summed E-state index contributed by atoms with van der Waals surface area (Å²) in [7, 11) is 0. The van der Waals surface area contributed by atoms with Crippen molar-refractivity contribution >= 4 is 6.29 Å². The maximum absolute atomic E-state index is 10.4. The first-order valence-corrected chi connectivity index (χ1v) is 5.62. The Hall–Kier alpha value is -2.09. The second kappa shape index (κ2) is 5.30. The maximum Gasteiger partial charge on any atom is 0.153 e. The van der Waals surface area contributed by atoms with Crippen molar-refractivity contribution in [2.24, 2.45) is 0 Å². The lowest BCUT2D eigenvalue weighted by Gasteiger charge is -2.03. The summed E-state index contributed by atoms with van der Waals surface area (Å²) in [6.07, 6.45) is 0.797. The minimum atomic E-state index is 0.588. The van der Waals surface area contributed by atoms with Gasteiger partial charge >= 0.3 is 0 Å². The van der Waals surface area contributed by atoms with E-state index in [1.807, 2.05) is 19.1 Å². The number of hydrogen-bond acceptors (Lipinski definition) is 2. The summed E-state index contributed by atoms with van der Waals surface area (Å²) in [6, 6.07) is 15.7. The lowest BCUT2D eigenvalue weighted by atomic mass is 10.2. The molecule has 0 fully saturated rings. The average molecular weight is 226 g/mol. The summed E-state index contributed by atoms with van der Waals surface area (Å²) >= 11 is 0. The van der Waals surface area contributed by atoms with Crippen LogP contribution in [0.5, 0.6) is 5.75 Å². The van der Waals surface area contributed by atoms with Crippen LogP contribution in [0.25, 0.3) is 11.1 Å². The van der Waals surface area contributed by atoms with Crippen molar-refractivity contribution in [2.75, 3.05) is 6.61 Å². The van der Waals surface area contributed by atoms with E-state index in [4.69, 9.17) is 4.74 Å². The first-order valence-electron chi connectivity index (χ1n) is 5.62. The smallest absolute Gasteiger partial charge is 0.153 e. The van der Waals surface area contributed by atoms with Crippen molar-refractivity contribution in [3.05, 3.63) is 54.1 Å². The summed E-state index contributed by atoms with van der Waals surface area (Å²) in [5.41, 5.74) is 3.46. The number of carbonyl (C=O) groups excluding carboxylic acids is 1. The Morgan fingerprint density at radius 1 is 1.06 bits per heavy atom. The normalized spacial score (nSPS) is 9.94. The molecule has 0 radical (unpaired) electrons. The van der Waals surface area contributed by atoms with Crippen LogP contribution >= 0.6 is 0 Å². The van der Waals surface area contributed by atoms with Crippen LogP contribution in [-0.4, -0.2) is 12.9 Å². The van der Waals surface area contributed by atoms with Crippen molar-refractivity contribution in [1.29, 1.82) is 0 Å². The van der Waals surface area contributed by atoms with Crippen molar-refractivity contribution < 1.29 is 9.53 Å². The molecule has 0 saturated heterocycles. The van der Waals surface area contributed by atoms with Crippen LogP contribution in [-0.2, 0) is 0 Å². The van der Waals surface area contributed by atoms with Crippen molar-refractivity contribution in [1.82, 2.24) is 0 Å². The Labute approximate surface area is 101 Å². The molecule has 2 nitrogen and oxygen atoms in total. The standard InChI is InChI=1S/C9H10O2.C6H4/c1-2-11-9-6-4-3-5-8(9)7-10;1-2-5-4-6(5)3-1/h3-7H,2H2,1H3;1-4H. The highest BCUT2D eigenvalue weighted by Crippen LogP contribution is 2.32. The molecule has 0 atom stereocenters. The van der Waals surface area contributed by atoms with E-state index in [1.165, 1.54) is 11.1 Å². The fourth-order valence-corrected chi connectivity index (χ4v) is 1.54. The van der Waals surface area contributed by atoms with Gasteiger partial charge in [0.2, 0.25) is 0 Å². The highest BCUT2D eigenvalue weighted by Gasteiger charge is 2.06. The molecule has 86 valence electrons. The fraction of sp³-hybridized carbons (Fsp3) is 0.133. The molecule has 0 saturated carbocycles. The number of hydrogen-bond donors (Lipinski definition) is 0. The van der Waals surface area contributed by atoms with Gasteiger partial charge in [-0.25, -0.2) is 0 Å². The second-order valence-electron chi connectivity index (χ2n) is 3.67. The van der Waals surface area contributed by atoms with Crippen LogP contribution in [0, 0.1) is 0 Å². The van der Waals surface area contributed by atoms with Crippen LogP contribution in [0.4, 0.5) is 0 Å². The number of benzene rings is 2. The number of carbonyl (C=O) groups is 1. The molecule has 0 bridgehead atoms. The van der Waals surface area contributed by atoms with E-state index in [1.54, 1.807) is 12.1 Å². The molecule has 0 spiro atoms. The third kappa shape index (κ3) is 2.94. The van der Waals surface area contributed by atoms with Gasteiger partial charge in [-0.05, 0) is 36.2 Å². The zero-order valence-electron chi connectivity index (χ0n) is 9.72. The van der Waals surface area contributed by atoms with Gasteiger partial charge in [-0.15, -0.1) is 0 Å². The molecule has 0 amide bonds. The van der Waals surface area contributed by atoms with Gasteiger partial charge in [-0.1, -0.05) is 30.3 Å². The molecular weight excluding hydrogens is 212 g/mol. The minimum Gasteiger partial charge on any atom is -0.493 e. The highest BCUT2D eigenvalue weighted by molar-refractivity contribution is 5.80. The molecule has 1 aromatic rings. The van der Waals surface area contributed by atoms with Crippen LogP contribution in [0.2, 0.25) is 0 Å². The molecule has 2 heteroatoms. The highest BCUT2D eigenvalue weighted by atomic mass is 16.5. The number of ether oxygens (including phenoxy) is 1.